The van der Waals surface area contributed by atoms with Crippen LogP contribution in [0.1, 0.15) is 48.0 Å². The monoisotopic (exact) mass is 358 g/mol. The fourth-order valence-corrected chi connectivity index (χ4v) is 7.10. The molecule has 0 spiro atoms. The molecule has 0 saturated heterocycles. The summed E-state index contributed by atoms with van der Waals surface area (Å²) in [5.74, 6) is 0. The van der Waals surface area contributed by atoms with E-state index in [-0.39, 0.29) is 26.4 Å². The molecular weight excluding hydrogens is 330 g/mol. The van der Waals surface area contributed by atoms with E-state index in [0.717, 1.165) is 0 Å². The molecule has 1 aliphatic rings. The van der Waals surface area contributed by atoms with Crippen molar-refractivity contribution in [2.24, 2.45) is 5.41 Å². The van der Waals surface area contributed by atoms with Crippen molar-refractivity contribution in [3.8, 4) is 0 Å². The molecule has 0 heterocycles. The van der Waals surface area contributed by atoms with E-state index in [1.165, 1.54) is 0 Å². The lowest BCUT2D eigenvalue weighted by atomic mass is 10.2. The predicted molar refractivity (Wildman–Crippen MR) is 83.9 cm³/mol. The summed E-state index contributed by atoms with van der Waals surface area (Å²) in [6.07, 6.45) is 0.390. The van der Waals surface area contributed by atoms with Gasteiger partial charge < -0.3 is 9.05 Å². The molecule has 0 bridgehead atoms. The van der Waals surface area contributed by atoms with Crippen molar-refractivity contribution >= 4 is 15.4 Å². The molecular formula is C13H28O7P2. The Hall–Kier alpha value is 0.260. The Morgan fingerprint density at radius 1 is 0.818 bits per heavy atom. The van der Waals surface area contributed by atoms with Crippen LogP contribution >= 0.6 is 15.4 Å². The van der Waals surface area contributed by atoms with Crippen LogP contribution in [0.3, 0.4) is 0 Å². The van der Waals surface area contributed by atoms with Gasteiger partial charge in [0.1, 0.15) is 0 Å². The van der Waals surface area contributed by atoms with Crippen molar-refractivity contribution in [3.05, 3.63) is 0 Å². The maximum absolute atomic E-state index is 13.2. The average molecular weight is 358 g/mol. The van der Waals surface area contributed by atoms with E-state index in [4.69, 9.17) is 22.6 Å². The molecule has 0 aliphatic heterocycles. The lowest BCUT2D eigenvalue weighted by molar-refractivity contribution is 0.0655. The summed E-state index contributed by atoms with van der Waals surface area (Å²) in [7, 11) is -7.47. The number of hydrogen-bond acceptors (Lipinski definition) is 7. The zero-order valence-electron chi connectivity index (χ0n) is 14.3. The van der Waals surface area contributed by atoms with E-state index in [1.807, 2.05) is 13.8 Å². The first-order valence-electron chi connectivity index (χ1n) is 7.65. The maximum Gasteiger partial charge on any atom is 0.475 e. The molecule has 9 heteroatoms. The first kappa shape index (κ1) is 20.3. The highest BCUT2D eigenvalue weighted by Gasteiger charge is 2.77. The Balaban J connectivity index is 3.17. The van der Waals surface area contributed by atoms with Crippen molar-refractivity contribution in [2.75, 3.05) is 26.4 Å². The Kier molecular flexibility index (Phi) is 6.86. The quantitative estimate of drug-likeness (QED) is 0.500. The Labute approximate surface area is 133 Å². The second kappa shape index (κ2) is 7.43. The van der Waals surface area contributed by atoms with Gasteiger partial charge in [0.15, 0.2) is 5.34 Å². The molecule has 0 aromatic rings. The lowest BCUT2D eigenvalue weighted by Gasteiger charge is -2.31. The van der Waals surface area contributed by atoms with Gasteiger partial charge in [0.25, 0.3) is 0 Å². The lowest BCUT2D eigenvalue weighted by Crippen LogP contribution is -2.24. The van der Waals surface area contributed by atoms with Crippen LogP contribution in [0.25, 0.3) is 0 Å². The highest BCUT2D eigenvalue weighted by molar-refractivity contribution is 7.57. The average Bonchev–Trinajstić information content (AvgIpc) is 2.93. The second-order valence-electron chi connectivity index (χ2n) is 5.55. The van der Waals surface area contributed by atoms with Crippen LogP contribution in [0.15, 0.2) is 0 Å². The molecule has 1 rings (SSSR count). The van der Waals surface area contributed by atoms with Crippen molar-refractivity contribution in [1.82, 2.24) is 0 Å². The van der Waals surface area contributed by atoms with Gasteiger partial charge in [-0.15, -0.1) is 0 Å². The molecule has 132 valence electrons. The molecule has 1 saturated carbocycles. The molecule has 0 aromatic carbocycles. The Bertz CT molecular complexity index is 445. The number of hydrogen-bond donors (Lipinski definition) is 0. The van der Waals surface area contributed by atoms with Crippen LogP contribution in [0.2, 0.25) is 0 Å². The van der Waals surface area contributed by atoms with Crippen molar-refractivity contribution < 1.29 is 31.7 Å². The largest absolute Gasteiger partial charge is 0.475 e. The van der Waals surface area contributed by atoms with Gasteiger partial charge in [-0.05, 0) is 34.1 Å². The Morgan fingerprint density at radius 2 is 1.18 bits per heavy atom. The number of phosphoric acid groups is 1. The van der Waals surface area contributed by atoms with Crippen LogP contribution in [0.5, 0.6) is 0 Å². The molecule has 1 fully saturated rings. The van der Waals surface area contributed by atoms with Gasteiger partial charge in [-0.1, -0.05) is 13.8 Å². The summed E-state index contributed by atoms with van der Waals surface area (Å²) in [5.41, 5.74) is -0.517. The van der Waals surface area contributed by atoms with Crippen molar-refractivity contribution in [1.29, 1.82) is 0 Å². The molecule has 7 nitrogen and oxygen atoms in total. The van der Waals surface area contributed by atoms with Gasteiger partial charge in [0.2, 0.25) is 0 Å². The summed E-state index contributed by atoms with van der Waals surface area (Å²) < 4.78 is 52.8. The van der Waals surface area contributed by atoms with Gasteiger partial charge in [0, 0.05) is 5.41 Å². The fourth-order valence-electron chi connectivity index (χ4n) is 2.41. The van der Waals surface area contributed by atoms with Crippen LogP contribution in [-0.2, 0) is 31.7 Å². The minimum atomic E-state index is -3.83. The summed E-state index contributed by atoms with van der Waals surface area (Å²) in [6, 6.07) is 0. The smallest absolute Gasteiger partial charge is 0.307 e. The predicted octanol–water partition coefficient (Wildman–Crippen LogP) is 4.58. The molecule has 0 radical (unpaired) electrons. The third-order valence-corrected chi connectivity index (χ3v) is 8.26. The van der Waals surface area contributed by atoms with Crippen molar-refractivity contribution in [2.45, 2.75) is 53.3 Å². The van der Waals surface area contributed by atoms with Gasteiger partial charge in [-0.25, -0.2) is 4.57 Å². The SMILES string of the molecule is CCOP(=O)(OCC)OC1(P(=O)(OCC)OCC)CC1(C)C. The van der Waals surface area contributed by atoms with Crippen molar-refractivity contribution in [3.63, 3.8) is 0 Å². The van der Waals surface area contributed by atoms with E-state index in [2.05, 4.69) is 0 Å². The van der Waals surface area contributed by atoms with Crippen LogP contribution in [0, 0.1) is 5.41 Å². The van der Waals surface area contributed by atoms with Gasteiger partial charge in [0.05, 0.1) is 26.4 Å². The molecule has 0 amide bonds. The summed E-state index contributed by atoms with van der Waals surface area (Å²) in [6.45, 7) is 11.2. The summed E-state index contributed by atoms with van der Waals surface area (Å²) >= 11 is 0. The molecule has 1 atom stereocenters. The van der Waals surface area contributed by atoms with E-state index < -0.39 is 26.2 Å². The number of phosphoric ester groups is 1. The second-order valence-corrected chi connectivity index (χ2v) is 9.38. The van der Waals surface area contributed by atoms with Crippen LogP contribution < -0.4 is 0 Å². The zero-order valence-corrected chi connectivity index (χ0v) is 16.1. The topological polar surface area (TPSA) is 80.3 Å². The molecule has 1 aliphatic carbocycles. The van der Waals surface area contributed by atoms with Crippen LogP contribution in [-0.4, -0.2) is 31.8 Å². The summed E-state index contributed by atoms with van der Waals surface area (Å²) in [5, 5.41) is -1.31. The fraction of sp³-hybridized carbons (Fsp3) is 1.00. The van der Waals surface area contributed by atoms with E-state index in [9.17, 15) is 9.13 Å². The minimum absolute atomic E-state index is 0.154. The third kappa shape index (κ3) is 3.84. The van der Waals surface area contributed by atoms with E-state index in [1.54, 1.807) is 27.7 Å². The van der Waals surface area contributed by atoms with E-state index >= 15 is 0 Å². The Morgan fingerprint density at radius 3 is 1.45 bits per heavy atom. The highest BCUT2D eigenvalue weighted by atomic mass is 31.2. The number of rotatable bonds is 11. The highest BCUT2D eigenvalue weighted by Crippen LogP contribution is 2.83. The van der Waals surface area contributed by atoms with Gasteiger partial charge in [-0.2, -0.15) is 0 Å². The summed E-state index contributed by atoms with van der Waals surface area (Å²) in [4.78, 5) is 0. The standard InChI is InChI=1S/C13H28O7P2/c1-7-16-21(14,17-8-2)13(11-12(13,5)6)20-22(15,18-9-3)19-10-4/h7-11H2,1-6H3. The first-order chi connectivity index (χ1) is 10.2. The molecule has 1 unspecified atom stereocenters. The zero-order chi connectivity index (χ0) is 17.1. The third-order valence-electron chi connectivity index (χ3n) is 3.49. The first-order valence-corrected chi connectivity index (χ1v) is 10.6. The molecule has 22 heavy (non-hydrogen) atoms. The van der Waals surface area contributed by atoms with Gasteiger partial charge >= 0.3 is 15.4 Å². The van der Waals surface area contributed by atoms with Gasteiger partial charge in [-0.3, -0.25) is 18.1 Å². The van der Waals surface area contributed by atoms with E-state index in [0.29, 0.717) is 6.42 Å². The van der Waals surface area contributed by atoms with Crippen LogP contribution in [0.4, 0.5) is 0 Å². The normalized spacial score (nSPS) is 24.5. The molecule has 0 aromatic heterocycles. The molecule has 0 N–H and O–H groups in total. The maximum atomic E-state index is 13.2. The minimum Gasteiger partial charge on any atom is -0.307 e.